The van der Waals surface area contributed by atoms with E-state index in [2.05, 4.69) is 47.0 Å². The third kappa shape index (κ3) is 2.67. The van der Waals surface area contributed by atoms with Gasteiger partial charge in [0.1, 0.15) is 0 Å². The van der Waals surface area contributed by atoms with Gasteiger partial charge < -0.3 is 20.1 Å². The Balaban J connectivity index is 1.38. The fourth-order valence-corrected chi connectivity index (χ4v) is 3.19. The molecule has 2 N–H and O–H groups in total. The molecule has 2 aliphatic heterocycles. The molecule has 4 rings (SSSR count). The first-order valence-electron chi connectivity index (χ1n) is 7.80. The summed E-state index contributed by atoms with van der Waals surface area (Å²) in [4.78, 5) is 0. The van der Waals surface area contributed by atoms with Gasteiger partial charge in [-0.3, -0.25) is 0 Å². The molecule has 22 heavy (non-hydrogen) atoms. The second kappa shape index (κ2) is 5.99. The average Bonchev–Trinajstić information content (AvgIpc) is 3.03. The molecule has 2 heterocycles. The molecule has 0 fully saturated rings. The van der Waals surface area contributed by atoms with Gasteiger partial charge in [0.25, 0.3) is 0 Å². The molecule has 0 bridgehead atoms. The maximum atomic E-state index is 5.42. The van der Waals surface area contributed by atoms with Crippen LogP contribution in [0.5, 0.6) is 11.5 Å². The highest BCUT2D eigenvalue weighted by Crippen LogP contribution is 2.32. The first-order valence-corrected chi connectivity index (χ1v) is 7.80. The summed E-state index contributed by atoms with van der Waals surface area (Å²) in [6, 6.07) is 15.2. The summed E-state index contributed by atoms with van der Waals surface area (Å²) in [5.41, 5.74) is 4.11. The molecule has 2 aromatic carbocycles. The molecule has 0 aliphatic carbocycles. The molecule has 0 spiro atoms. The van der Waals surface area contributed by atoms with Crippen molar-refractivity contribution in [3.63, 3.8) is 0 Å². The van der Waals surface area contributed by atoms with E-state index in [0.717, 1.165) is 37.6 Å². The van der Waals surface area contributed by atoms with Crippen LogP contribution >= 0.6 is 0 Å². The standard InChI is InChI=1S/C18H20N2O2/c1-2-4-15-14(3-1)7-8-20-16(15)11-19-10-13-5-6-17-18(9-13)22-12-21-17/h1-6,9,16,19-20H,7-8,10-12H2/t16-/m0/s1. The summed E-state index contributed by atoms with van der Waals surface area (Å²) in [6.45, 7) is 3.13. The highest BCUT2D eigenvalue weighted by Gasteiger charge is 2.18. The topological polar surface area (TPSA) is 42.5 Å². The van der Waals surface area contributed by atoms with Gasteiger partial charge in [-0.15, -0.1) is 0 Å². The van der Waals surface area contributed by atoms with Crippen molar-refractivity contribution < 1.29 is 9.47 Å². The van der Waals surface area contributed by atoms with Gasteiger partial charge in [0.15, 0.2) is 11.5 Å². The van der Waals surface area contributed by atoms with Crippen LogP contribution in [-0.2, 0) is 13.0 Å². The van der Waals surface area contributed by atoms with Crippen molar-refractivity contribution in [3.05, 3.63) is 59.2 Å². The predicted molar refractivity (Wildman–Crippen MR) is 85.2 cm³/mol. The quantitative estimate of drug-likeness (QED) is 0.909. The van der Waals surface area contributed by atoms with Gasteiger partial charge in [0.2, 0.25) is 6.79 Å². The van der Waals surface area contributed by atoms with Crippen molar-refractivity contribution in [2.75, 3.05) is 19.9 Å². The lowest BCUT2D eigenvalue weighted by atomic mass is 9.94. The van der Waals surface area contributed by atoms with Crippen LogP contribution in [0.2, 0.25) is 0 Å². The zero-order valence-electron chi connectivity index (χ0n) is 12.5. The SMILES string of the molecule is c1ccc2c(c1)CCN[C@H]2CNCc1ccc2c(c1)OCO2. The Morgan fingerprint density at radius 2 is 2.00 bits per heavy atom. The van der Waals surface area contributed by atoms with Crippen LogP contribution in [0.25, 0.3) is 0 Å². The van der Waals surface area contributed by atoms with Crippen molar-refractivity contribution in [3.8, 4) is 11.5 Å². The van der Waals surface area contributed by atoms with E-state index in [1.807, 2.05) is 6.07 Å². The molecule has 4 heteroatoms. The van der Waals surface area contributed by atoms with Crippen LogP contribution in [0.4, 0.5) is 0 Å². The maximum Gasteiger partial charge on any atom is 0.231 e. The summed E-state index contributed by atoms with van der Waals surface area (Å²) in [7, 11) is 0. The lowest BCUT2D eigenvalue weighted by molar-refractivity contribution is 0.174. The minimum Gasteiger partial charge on any atom is -0.454 e. The summed E-state index contributed by atoms with van der Waals surface area (Å²) < 4.78 is 10.8. The van der Waals surface area contributed by atoms with Crippen LogP contribution in [0.3, 0.4) is 0 Å². The van der Waals surface area contributed by atoms with Crippen LogP contribution in [0, 0.1) is 0 Å². The third-order valence-corrected chi connectivity index (χ3v) is 4.33. The van der Waals surface area contributed by atoms with Gasteiger partial charge in [-0.1, -0.05) is 30.3 Å². The number of rotatable bonds is 4. The van der Waals surface area contributed by atoms with E-state index < -0.39 is 0 Å². The molecule has 0 saturated carbocycles. The van der Waals surface area contributed by atoms with Crippen molar-refractivity contribution >= 4 is 0 Å². The molecular weight excluding hydrogens is 276 g/mol. The van der Waals surface area contributed by atoms with Gasteiger partial charge in [-0.05, 0) is 41.8 Å². The fourth-order valence-electron chi connectivity index (χ4n) is 3.19. The number of fused-ring (bicyclic) bond motifs is 2. The number of ether oxygens (including phenoxy) is 2. The van der Waals surface area contributed by atoms with Gasteiger partial charge in [-0.25, -0.2) is 0 Å². The summed E-state index contributed by atoms with van der Waals surface area (Å²) >= 11 is 0. The highest BCUT2D eigenvalue weighted by molar-refractivity contribution is 5.44. The summed E-state index contributed by atoms with van der Waals surface area (Å²) in [6.07, 6.45) is 1.12. The number of nitrogens with one attached hydrogen (secondary N) is 2. The van der Waals surface area contributed by atoms with Crippen LogP contribution in [0.1, 0.15) is 22.7 Å². The average molecular weight is 296 g/mol. The summed E-state index contributed by atoms with van der Waals surface area (Å²) in [5, 5.41) is 7.14. The zero-order chi connectivity index (χ0) is 14.8. The van der Waals surface area contributed by atoms with Gasteiger partial charge in [0, 0.05) is 19.1 Å². The Morgan fingerprint density at radius 3 is 3.00 bits per heavy atom. The van der Waals surface area contributed by atoms with Crippen molar-refractivity contribution in [2.24, 2.45) is 0 Å². The molecule has 114 valence electrons. The van der Waals surface area contributed by atoms with Gasteiger partial charge >= 0.3 is 0 Å². The number of hydrogen-bond donors (Lipinski definition) is 2. The van der Waals surface area contributed by atoms with Crippen molar-refractivity contribution in [1.29, 1.82) is 0 Å². The molecule has 2 aliphatic rings. The van der Waals surface area contributed by atoms with Gasteiger partial charge in [0.05, 0.1) is 0 Å². The largest absolute Gasteiger partial charge is 0.454 e. The van der Waals surface area contributed by atoms with E-state index >= 15 is 0 Å². The van der Waals surface area contributed by atoms with E-state index in [-0.39, 0.29) is 0 Å². The molecule has 0 unspecified atom stereocenters. The lowest BCUT2D eigenvalue weighted by Gasteiger charge is -2.27. The first-order chi connectivity index (χ1) is 10.9. The predicted octanol–water partition coefficient (Wildman–Crippen LogP) is 2.39. The Bertz CT molecular complexity index is 672. The first kappa shape index (κ1) is 13.6. The molecule has 0 radical (unpaired) electrons. The normalized spacial score (nSPS) is 19.0. The van der Waals surface area contributed by atoms with Crippen LogP contribution in [0.15, 0.2) is 42.5 Å². The maximum absolute atomic E-state index is 5.42. The second-order valence-corrected chi connectivity index (χ2v) is 5.77. The van der Waals surface area contributed by atoms with Crippen LogP contribution < -0.4 is 20.1 Å². The Hall–Kier alpha value is -2.04. The lowest BCUT2D eigenvalue weighted by Crippen LogP contribution is -2.36. The highest BCUT2D eigenvalue weighted by atomic mass is 16.7. The summed E-state index contributed by atoms with van der Waals surface area (Å²) in [5.74, 6) is 1.69. The van der Waals surface area contributed by atoms with Crippen molar-refractivity contribution in [2.45, 2.75) is 19.0 Å². The minimum absolute atomic E-state index is 0.328. The zero-order valence-corrected chi connectivity index (χ0v) is 12.5. The molecule has 0 saturated heterocycles. The second-order valence-electron chi connectivity index (χ2n) is 5.77. The van der Waals surface area contributed by atoms with Gasteiger partial charge in [-0.2, -0.15) is 0 Å². The molecule has 0 aromatic heterocycles. The van der Waals surface area contributed by atoms with E-state index in [1.165, 1.54) is 16.7 Å². The number of benzene rings is 2. The van der Waals surface area contributed by atoms with Crippen molar-refractivity contribution in [1.82, 2.24) is 10.6 Å². The Labute approximate surface area is 130 Å². The molecule has 1 atom stereocenters. The smallest absolute Gasteiger partial charge is 0.231 e. The molecule has 0 amide bonds. The molecule has 2 aromatic rings. The third-order valence-electron chi connectivity index (χ3n) is 4.33. The van der Waals surface area contributed by atoms with E-state index in [0.29, 0.717) is 12.8 Å². The Morgan fingerprint density at radius 1 is 1.09 bits per heavy atom. The van der Waals surface area contributed by atoms with E-state index in [9.17, 15) is 0 Å². The molecule has 4 nitrogen and oxygen atoms in total. The van der Waals surface area contributed by atoms with E-state index in [1.54, 1.807) is 0 Å². The fraction of sp³-hybridized carbons (Fsp3) is 0.333. The van der Waals surface area contributed by atoms with E-state index in [4.69, 9.17) is 9.47 Å². The van der Waals surface area contributed by atoms with Crippen LogP contribution in [-0.4, -0.2) is 19.9 Å². The monoisotopic (exact) mass is 296 g/mol. The number of hydrogen-bond acceptors (Lipinski definition) is 4. The molecular formula is C18H20N2O2. The minimum atomic E-state index is 0.328. The Kier molecular flexibility index (Phi) is 3.70.